The van der Waals surface area contributed by atoms with Crippen molar-refractivity contribution >= 4 is 10.1 Å². The van der Waals surface area contributed by atoms with Crippen LogP contribution >= 0.6 is 0 Å². The van der Waals surface area contributed by atoms with E-state index in [0.29, 0.717) is 26.2 Å². The number of hydrogen-bond donors (Lipinski definition) is 1. The molecule has 0 aliphatic rings. The molecule has 0 aliphatic heterocycles. The van der Waals surface area contributed by atoms with Crippen LogP contribution in [0.25, 0.3) is 0 Å². The highest BCUT2D eigenvalue weighted by molar-refractivity contribution is 7.85. The summed E-state index contributed by atoms with van der Waals surface area (Å²) in [5.41, 5.74) is 2.02. The van der Waals surface area contributed by atoms with Crippen molar-refractivity contribution in [1.82, 2.24) is 49.9 Å². The van der Waals surface area contributed by atoms with Gasteiger partial charge in [0.2, 0.25) is 0 Å². The molecule has 14 heteroatoms. The van der Waals surface area contributed by atoms with Crippen molar-refractivity contribution in [3.8, 4) is 0 Å². The summed E-state index contributed by atoms with van der Waals surface area (Å²) in [6.45, 7) is 14.2. The van der Waals surface area contributed by atoms with Crippen molar-refractivity contribution in [3.63, 3.8) is 0 Å². The van der Waals surface area contributed by atoms with Gasteiger partial charge in [-0.05, 0) is 48.0 Å². The second-order valence-electron chi connectivity index (χ2n) is 10.4. The first-order valence-electron chi connectivity index (χ1n) is 11.1. The van der Waals surface area contributed by atoms with E-state index >= 15 is 0 Å². The molecule has 13 nitrogen and oxygen atoms in total. The summed E-state index contributed by atoms with van der Waals surface area (Å²) in [4.78, 5) is 2.13. The third kappa shape index (κ3) is 7.67. The van der Waals surface area contributed by atoms with Crippen LogP contribution in [0.3, 0.4) is 0 Å². The van der Waals surface area contributed by atoms with E-state index in [1.165, 1.54) is 0 Å². The minimum absolute atomic E-state index is 0.170. The van der Waals surface area contributed by atoms with E-state index in [1.54, 1.807) is 10.9 Å². The molecule has 34 heavy (non-hydrogen) atoms. The van der Waals surface area contributed by atoms with E-state index in [4.69, 9.17) is 4.55 Å². The topological polar surface area (TPSA) is 150 Å². The van der Waals surface area contributed by atoms with Crippen molar-refractivity contribution in [2.75, 3.05) is 5.75 Å². The molecule has 0 radical (unpaired) electrons. The first kappa shape index (κ1) is 25.9. The number of hydrogen-bond acceptors (Lipinski definition) is 9. The Morgan fingerprint density at radius 2 is 1.24 bits per heavy atom. The van der Waals surface area contributed by atoms with Crippen LogP contribution in [-0.2, 0) is 47.4 Å². The molecule has 0 fully saturated rings. The third-order valence-electron chi connectivity index (χ3n) is 4.99. The molecule has 188 valence electrons. The van der Waals surface area contributed by atoms with Gasteiger partial charge in [-0.25, -0.2) is 9.36 Å². The summed E-state index contributed by atoms with van der Waals surface area (Å²) in [5, 5.41) is 25.5. The fourth-order valence-electron chi connectivity index (χ4n) is 3.18. The monoisotopic (exact) mass is 494 g/mol. The maximum atomic E-state index is 10.9. The van der Waals surface area contributed by atoms with Gasteiger partial charge in [-0.15, -0.1) is 15.3 Å². The Labute approximate surface area is 199 Å². The van der Waals surface area contributed by atoms with E-state index in [1.807, 2.05) is 21.8 Å². The number of nitrogens with zero attached hydrogens (tertiary/aromatic N) is 10. The zero-order chi connectivity index (χ0) is 25.1. The van der Waals surface area contributed by atoms with Gasteiger partial charge < -0.3 is 0 Å². The largest absolute Gasteiger partial charge is 0.286 e. The van der Waals surface area contributed by atoms with E-state index in [2.05, 4.69) is 77.4 Å². The second-order valence-corrected chi connectivity index (χ2v) is 12.0. The van der Waals surface area contributed by atoms with Crippen molar-refractivity contribution in [3.05, 3.63) is 35.7 Å². The smallest absolute Gasteiger partial charge is 0.264 e. The summed E-state index contributed by atoms with van der Waals surface area (Å²) < 4.78 is 36.0. The standard InChI is InChI=1S/C20H34N10O3S/c1-19(2,3)29-14-17(22-25-29)11-27(12-18-15-30(26-23-18)20(4,5)6)10-16-13-28(24-21-16)8-7-9-34(31,32)33/h13-15H,7-12H2,1-6H3,(H,31,32,33). The van der Waals surface area contributed by atoms with Crippen LogP contribution in [0, 0.1) is 0 Å². The molecule has 0 bridgehead atoms. The molecule has 0 unspecified atom stereocenters. The Morgan fingerprint density at radius 3 is 1.65 bits per heavy atom. The van der Waals surface area contributed by atoms with Gasteiger partial charge in [-0.1, -0.05) is 15.6 Å². The summed E-state index contributed by atoms with van der Waals surface area (Å²) in [5.74, 6) is -0.318. The molecule has 3 aromatic heterocycles. The summed E-state index contributed by atoms with van der Waals surface area (Å²) in [6, 6.07) is 0. The van der Waals surface area contributed by atoms with E-state index in [0.717, 1.165) is 17.1 Å². The maximum Gasteiger partial charge on any atom is 0.264 e. The fraction of sp³-hybridized carbons (Fsp3) is 0.700. The molecule has 0 aliphatic carbocycles. The molecule has 0 spiro atoms. The molecule has 0 saturated carbocycles. The highest BCUT2D eigenvalue weighted by Gasteiger charge is 2.20. The lowest BCUT2D eigenvalue weighted by Crippen LogP contribution is -2.24. The first-order chi connectivity index (χ1) is 15.7. The van der Waals surface area contributed by atoms with Crippen LogP contribution in [0.5, 0.6) is 0 Å². The van der Waals surface area contributed by atoms with Gasteiger partial charge in [0, 0.05) is 32.4 Å². The lowest BCUT2D eigenvalue weighted by molar-refractivity contribution is 0.238. The average Bonchev–Trinajstić information content (AvgIpc) is 3.41. The molecule has 3 aromatic rings. The van der Waals surface area contributed by atoms with Crippen molar-refractivity contribution in [2.45, 2.75) is 85.2 Å². The van der Waals surface area contributed by atoms with Crippen LogP contribution < -0.4 is 0 Å². The molecule has 0 amide bonds. The Morgan fingerprint density at radius 1 is 0.794 bits per heavy atom. The molecule has 3 rings (SSSR count). The van der Waals surface area contributed by atoms with Crippen LogP contribution in [0.1, 0.15) is 65.0 Å². The molecule has 0 atom stereocenters. The predicted octanol–water partition coefficient (Wildman–Crippen LogP) is 1.45. The normalized spacial score (nSPS) is 13.2. The second kappa shape index (κ2) is 9.88. The lowest BCUT2D eigenvalue weighted by Gasteiger charge is -2.20. The van der Waals surface area contributed by atoms with Crippen molar-refractivity contribution in [1.29, 1.82) is 0 Å². The molecule has 3 heterocycles. The number of aryl methyl sites for hydroxylation is 1. The van der Waals surface area contributed by atoms with Gasteiger partial charge in [0.25, 0.3) is 10.1 Å². The minimum Gasteiger partial charge on any atom is -0.286 e. The third-order valence-corrected chi connectivity index (χ3v) is 5.79. The summed E-state index contributed by atoms with van der Waals surface area (Å²) >= 11 is 0. The van der Waals surface area contributed by atoms with E-state index < -0.39 is 10.1 Å². The number of rotatable bonds is 10. The van der Waals surface area contributed by atoms with Gasteiger partial charge >= 0.3 is 0 Å². The Bertz CT molecular complexity index is 1130. The summed E-state index contributed by atoms with van der Waals surface area (Å²) in [6.07, 6.45) is 5.89. The SMILES string of the molecule is CC(C)(C)n1cc(CN(Cc2cn(CCCS(=O)(=O)O)nn2)Cc2cn(C(C)(C)C)nn2)nn1. The van der Waals surface area contributed by atoms with Gasteiger partial charge in [0.15, 0.2) is 0 Å². The molecular weight excluding hydrogens is 460 g/mol. The molecule has 1 N–H and O–H groups in total. The highest BCUT2D eigenvalue weighted by atomic mass is 32.2. The quantitative estimate of drug-likeness (QED) is 0.410. The fourth-order valence-corrected chi connectivity index (χ4v) is 3.68. The van der Waals surface area contributed by atoms with Crippen LogP contribution in [0.2, 0.25) is 0 Å². The lowest BCUT2D eigenvalue weighted by atomic mass is 10.1. The van der Waals surface area contributed by atoms with Gasteiger partial charge in [-0.3, -0.25) is 14.1 Å². The number of aromatic nitrogens is 9. The van der Waals surface area contributed by atoms with Crippen molar-refractivity contribution < 1.29 is 13.0 Å². The van der Waals surface area contributed by atoms with E-state index in [9.17, 15) is 8.42 Å². The van der Waals surface area contributed by atoms with Crippen LogP contribution in [-0.4, -0.2) is 68.6 Å². The molecule has 0 saturated heterocycles. The van der Waals surface area contributed by atoms with E-state index in [-0.39, 0.29) is 23.3 Å². The van der Waals surface area contributed by atoms with Gasteiger partial charge in [0.1, 0.15) is 0 Å². The van der Waals surface area contributed by atoms with Crippen molar-refractivity contribution in [2.24, 2.45) is 0 Å². The Kier molecular flexibility index (Phi) is 7.53. The van der Waals surface area contributed by atoms with Gasteiger partial charge in [0.05, 0.1) is 46.3 Å². The average molecular weight is 495 g/mol. The summed E-state index contributed by atoms with van der Waals surface area (Å²) in [7, 11) is -3.99. The van der Waals surface area contributed by atoms with Crippen LogP contribution in [0.15, 0.2) is 18.6 Å². The Hall–Kier alpha value is -2.71. The zero-order valence-corrected chi connectivity index (χ0v) is 21.4. The highest BCUT2D eigenvalue weighted by Crippen LogP contribution is 2.16. The van der Waals surface area contributed by atoms with Crippen LogP contribution in [0.4, 0.5) is 0 Å². The minimum atomic E-state index is -3.99. The molecule has 0 aromatic carbocycles. The van der Waals surface area contributed by atoms with Gasteiger partial charge in [-0.2, -0.15) is 8.42 Å². The Balaban J connectivity index is 1.74. The predicted molar refractivity (Wildman–Crippen MR) is 124 cm³/mol. The first-order valence-corrected chi connectivity index (χ1v) is 12.7. The molecular formula is C20H34N10O3S. The zero-order valence-electron chi connectivity index (χ0n) is 20.6. The maximum absolute atomic E-state index is 10.9.